The van der Waals surface area contributed by atoms with E-state index in [0.29, 0.717) is 11.3 Å². The van der Waals surface area contributed by atoms with Gasteiger partial charge in [-0.3, -0.25) is 30.2 Å². The van der Waals surface area contributed by atoms with Crippen LogP contribution in [0.5, 0.6) is 0 Å². The highest BCUT2D eigenvalue weighted by molar-refractivity contribution is 8.01. The van der Waals surface area contributed by atoms with Gasteiger partial charge in [-0.05, 0) is 37.3 Å². The fourth-order valence-electron chi connectivity index (χ4n) is 2.92. The second kappa shape index (κ2) is 8.76. The number of amides is 3. The molecule has 3 aromatic rings. The van der Waals surface area contributed by atoms with Crippen LogP contribution in [0.4, 0.5) is 5.69 Å². The Hall–Kier alpha value is -3.04. The van der Waals surface area contributed by atoms with E-state index < -0.39 is 5.91 Å². The molecule has 0 aliphatic carbocycles. The number of hydrogen-bond donors (Lipinski definition) is 3. The molecule has 152 valence electrons. The molecule has 9 heteroatoms. The molecular formula is C21H18N4O3S2. The lowest BCUT2D eigenvalue weighted by Gasteiger charge is -2.21. The van der Waals surface area contributed by atoms with Crippen LogP contribution in [0.3, 0.4) is 0 Å². The smallest absolute Gasteiger partial charge is 0.269 e. The lowest BCUT2D eigenvalue weighted by molar-refractivity contribution is -0.119. The van der Waals surface area contributed by atoms with Crippen LogP contribution in [0, 0.1) is 0 Å². The molecule has 0 fully saturated rings. The van der Waals surface area contributed by atoms with Crippen LogP contribution >= 0.6 is 23.5 Å². The summed E-state index contributed by atoms with van der Waals surface area (Å²) in [6, 6.07) is 14.7. The van der Waals surface area contributed by atoms with E-state index in [1.54, 1.807) is 24.4 Å². The third-order valence-electron chi connectivity index (χ3n) is 4.44. The number of hydrogen-bond acceptors (Lipinski definition) is 6. The summed E-state index contributed by atoms with van der Waals surface area (Å²) in [7, 11) is 0. The van der Waals surface area contributed by atoms with Crippen molar-refractivity contribution < 1.29 is 14.4 Å². The molecule has 30 heavy (non-hydrogen) atoms. The van der Waals surface area contributed by atoms with Gasteiger partial charge in [0.05, 0.1) is 22.2 Å². The number of hydrazine groups is 1. The molecule has 2 aromatic carbocycles. The summed E-state index contributed by atoms with van der Waals surface area (Å²) in [5, 5.41) is 3.61. The maximum absolute atomic E-state index is 12.4. The molecule has 0 saturated heterocycles. The number of carbonyl (C=O) groups is 3. The van der Waals surface area contributed by atoms with Crippen LogP contribution in [0.1, 0.15) is 17.3 Å². The predicted octanol–water partition coefficient (Wildman–Crippen LogP) is 3.22. The molecule has 0 unspecified atom stereocenters. The lowest BCUT2D eigenvalue weighted by Crippen LogP contribution is -2.42. The average Bonchev–Trinajstić information content (AvgIpc) is 2.76. The summed E-state index contributed by atoms with van der Waals surface area (Å²) in [5.41, 5.74) is 6.61. The Kier molecular flexibility index (Phi) is 5.91. The molecule has 0 saturated carbocycles. The Balaban J connectivity index is 1.33. The van der Waals surface area contributed by atoms with Crippen LogP contribution < -0.4 is 16.2 Å². The van der Waals surface area contributed by atoms with E-state index in [0.717, 1.165) is 20.7 Å². The molecular weight excluding hydrogens is 420 g/mol. The minimum absolute atomic E-state index is 0.0988. The van der Waals surface area contributed by atoms with E-state index >= 15 is 0 Å². The number of para-hydroxylation sites is 1. The van der Waals surface area contributed by atoms with Gasteiger partial charge in [0, 0.05) is 26.9 Å². The molecule has 0 bridgehead atoms. The largest absolute Gasteiger partial charge is 0.324 e. The monoisotopic (exact) mass is 438 g/mol. The Morgan fingerprint density at radius 2 is 2.00 bits per heavy atom. The summed E-state index contributed by atoms with van der Waals surface area (Å²) in [6.07, 6.45) is 1.72. The Morgan fingerprint density at radius 1 is 1.17 bits per heavy atom. The van der Waals surface area contributed by atoms with E-state index in [2.05, 4.69) is 21.2 Å². The average molecular weight is 439 g/mol. The highest BCUT2D eigenvalue weighted by Crippen LogP contribution is 2.35. The zero-order valence-corrected chi connectivity index (χ0v) is 17.6. The van der Waals surface area contributed by atoms with E-state index in [1.807, 2.05) is 37.3 Å². The predicted molar refractivity (Wildman–Crippen MR) is 118 cm³/mol. The number of carbonyl (C=O) groups excluding carboxylic acids is 3. The van der Waals surface area contributed by atoms with Gasteiger partial charge in [-0.15, -0.1) is 23.5 Å². The number of nitrogens with zero attached hydrogens (tertiary/aromatic N) is 1. The second-order valence-corrected chi connectivity index (χ2v) is 8.98. The van der Waals surface area contributed by atoms with Crippen molar-refractivity contribution >= 4 is 57.8 Å². The highest BCUT2D eigenvalue weighted by Gasteiger charge is 2.23. The standard InChI is InChI=1S/C21H18N4O3S2/c1-12-20(27)23-15-10-14(7-8-16(15)30-12)21(28)25-24-18(26)11-29-17-6-2-4-13-5-3-9-22-19(13)17/h2-10,12H,11H2,1H3,(H,23,27)(H,24,26)(H,25,28)/t12-/m1/s1. The summed E-state index contributed by atoms with van der Waals surface area (Å²) >= 11 is 2.79. The van der Waals surface area contributed by atoms with Gasteiger partial charge < -0.3 is 5.32 Å². The van der Waals surface area contributed by atoms with Gasteiger partial charge in [-0.2, -0.15) is 0 Å². The summed E-state index contributed by atoms with van der Waals surface area (Å²) < 4.78 is 0. The third kappa shape index (κ3) is 4.42. The first-order chi connectivity index (χ1) is 14.5. The first-order valence-corrected chi connectivity index (χ1v) is 11.0. The lowest BCUT2D eigenvalue weighted by atomic mass is 10.2. The van der Waals surface area contributed by atoms with Crippen LogP contribution in [0.15, 0.2) is 64.5 Å². The molecule has 1 aliphatic rings. The normalized spacial score (nSPS) is 15.2. The molecule has 1 aliphatic heterocycles. The Labute approximate surface area is 181 Å². The van der Waals surface area contributed by atoms with Gasteiger partial charge in [0.15, 0.2) is 0 Å². The molecule has 1 atom stereocenters. The number of rotatable bonds is 4. The fraction of sp³-hybridized carbons (Fsp3) is 0.143. The number of nitrogens with one attached hydrogen (secondary N) is 3. The molecule has 2 heterocycles. The second-order valence-electron chi connectivity index (χ2n) is 6.58. The zero-order valence-electron chi connectivity index (χ0n) is 16.0. The molecule has 3 N–H and O–H groups in total. The van der Waals surface area contributed by atoms with Crippen molar-refractivity contribution in [1.82, 2.24) is 15.8 Å². The summed E-state index contributed by atoms with van der Waals surface area (Å²) in [4.78, 5) is 42.5. The number of anilines is 1. The van der Waals surface area contributed by atoms with E-state index in [4.69, 9.17) is 0 Å². The van der Waals surface area contributed by atoms with Crippen LogP contribution in [0.25, 0.3) is 10.9 Å². The molecule has 3 amide bonds. The highest BCUT2D eigenvalue weighted by atomic mass is 32.2. The van der Waals surface area contributed by atoms with Crippen molar-refractivity contribution in [2.24, 2.45) is 0 Å². The number of aromatic nitrogens is 1. The van der Waals surface area contributed by atoms with Crippen molar-refractivity contribution in [1.29, 1.82) is 0 Å². The fourth-order valence-corrected chi connectivity index (χ4v) is 4.69. The van der Waals surface area contributed by atoms with Crippen molar-refractivity contribution in [3.63, 3.8) is 0 Å². The van der Waals surface area contributed by atoms with E-state index in [-0.39, 0.29) is 22.8 Å². The molecule has 4 rings (SSSR count). The van der Waals surface area contributed by atoms with Crippen molar-refractivity contribution in [2.45, 2.75) is 22.0 Å². The summed E-state index contributed by atoms with van der Waals surface area (Å²) in [5.74, 6) is -0.763. The van der Waals surface area contributed by atoms with Crippen molar-refractivity contribution in [3.8, 4) is 0 Å². The Morgan fingerprint density at radius 3 is 2.87 bits per heavy atom. The van der Waals surface area contributed by atoms with Crippen LogP contribution in [0.2, 0.25) is 0 Å². The number of fused-ring (bicyclic) bond motifs is 2. The topological polar surface area (TPSA) is 100 Å². The van der Waals surface area contributed by atoms with Gasteiger partial charge in [0.1, 0.15) is 0 Å². The number of thioether (sulfide) groups is 2. The van der Waals surface area contributed by atoms with Gasteiger partial charge in [-0.1, -0.05) is 18.2 Å². The number of benzene rings is 2. The van der Waals surface area contributed by atoms with Gasteiger partial charge in [0.2, 0.25) is 11.8 Å². The summed E-state index contributed by atoms with van der Waals surface area (Å²) in [6.45, 7) is 1.82. The maximum Gasteiger partial charge on any atom is 0.269 e. The number of pyridine rings is 1. The maximum atomic E-state index is 12.4. The first-order valence-electron chi connectivity index (χ1n) is 9.18. The third-order valence-corrected chi connectivity index (χ3v) is 6.67. The Bertz CT molecular complexity index is 1150. The molecule has 7 nitrogen and oxygen atoms in total. The van der Waals surface area contributed by atoms with Crippen LogP contribution in [-0.4, -0.2) is 33.7 Å². The molecule has 0 spiro atoms. The molecule has 0 radical (unpaired) electrons. The van der Waals surface area contributed by atoms with Gasteiger partial charge in [0.25, 0.3) is 5.91 Å². The van der Waals surface area contributed by atoms with Gasteiger partial charge >= 0.3 is 0 Å². The van der Waals surface area contributed by atoms with Gasteiger partial charge in [-0.25, -0.2) is 0 Å². The van der Waals surface area contributed by atoms with Crippen molar-refractivity contribution in [3.05, 3.63) is 60.3 Å². The first kappa shape index (κ1) is 20.2. The zero-order chi connectivity index (χ0) is 21.1. The quantitative estimate of drug-likeness (QED) is 0.427. The van der Waals surface area contributed by atoms with Crippen molar-refractivity contribution in [2.75, 3.05) is 11.1 Å². The van der Waals surface area contributed by atoms with Crippen LogP contribution in [-0.2, 0) is 9.59 Å². The molecule has 1 aromatic heterocycles. The van der Waals surface area contributed by atoms with E-state index in [1.165, 1.54) is 23.5 Å². The minimum Gasteiger partial charge on any atom is -0.324 e. The minimum atomic E-state index is -0.458. The SMILES string of the molecule is C[C@H]1Sc2ccc(C(=O)NNC(=O)CSc3cccc4cccnc34)cc2NC1=O. The van der Waals surface area contributed by atoms with E-state index in [9.17, 15) is 14.4 Å².